The summed E-state index contributed by atoms with van der Waals surface area (Å²) < 4.78 is 1.97. The number of anilines is 1. The van der Waals surface area contributed by atoms with Crippen molar-refractivity contribution in [3.63, 3.8) is 0 Å². The van der Waals surface area contributed by atoms with Gasteiger partial charge >= 0.3 is 5.97 Å². The summed E-state index contributed by atoms with van der Waals surface area (Å²) in [4.78, 5) is 25.2. The second-order valence-corrected chi connectivity index (χ2v) is 9.51. The summed E-state index contributed by atoms with van der Waals surface area (Å²) >= 11 is 3.02. The summed E-state index contributed by atoms with van der Waals surface area (Å²) in [6.45, 7) is 8.36. The van der Waals surface area contributed by atoms with Crippen molar-refractivity contribution in [2.45, 2.75) is 47.9 Å². The summed E-state index contributed by atoms with van der Waals surface area (Å²) in [5.41, 5.74) is 1.78. The quantitative estimate of drug-likeness (QED) is 0.284. The Balaban J connectivity index is 1.71. The minimum absolute atomic E-state index is 0.120. The number of nitrogens with zero attached hydrogens (tertiary/aromatic N) is 3. The largest absolute Gasteiger partial charge is 0.478 e. The molecule has 1 unspecified atom stereocenters. The van der Waals surface area contributed by atoms with Crippen LogP contribution in [0.4, 0.5) is 5.69 Å². The van der Waals surface area contributed by atoms with Crippen LogP contribution in [0.15, 0.2) is 71.2 Å². The van der Waals surface area contributed by atoms with Crippen LogP contribution in [-0.2, 0) is 17.1 Å². The van der Waals surface area contributed by atoms with Crippen molar-refractivity contribution in [3.05, 3.63) is 78.1 Å². The zero-order valence-electron chi connectivity index (χ0n) is 18.5. The SMILES string of the molecule is C=CCn1c(CSc2ccc(C)cc2)nnc1SC(CC)C(=O)Nc1cccc(C(=O)O)c1. The average molecular weight is 483 g/mol. The lowest BCUT2D eigenvalue weighted by Gasteiger charge is -2.15. The molecule has 0 aliphatic heterocycles. The maximum atomic E-state index is 12.9. The highest BCUT2D eigenvalue weighted by atomic mass is 32.2. The number of aryl methyl sites for hydroxylation is 1. The Bertz CT molecular complexity index is 1130. The van der Waals surface area contributed by atoms with Crippen molar-refractivity contribution in [1.82, 2.24) is 14.8 Å². The van der Waals surface area contributed by atoms with Gasteiger partial charge in [0.05, 0.1) is 16.6 Å². The smallest absolute Gasteiger partial charge is 0.335 e. The number of benzene rings is 2. The molecule has 1 atom stereocenters. The van der Waals surface area contributed by atoms with Crippen LogP contribution in [0.5, 0.6) is 0 Å². The molecule has 2 N–H and O–H groups in total. The van der Waals surface area contributed by atoms with Crippen molar-refractivity contribution in [2.24, 2.45) is 0 Å². The van der Waals surface area contributed by atoms with E-state index >= 15 is 0 Å². The van der Waals surface area contributed by atoms with Crippen molar-refractivity contribution in [3.8, 4) is 0 Å². The van der Waals surface area contributed by atoms with Crippen molar-refractivity contribution in [2.75, 3.05) is 5.32 Å². The second-order valence-electron chi connectivity index (χ2n) is 7.29. The number of aromatic nitrogens is 3. The number of carbonyl (C=O) groups excluding carboxylic acids is 1. The van der Waals surface area contributed by atoms with E-state index in [1.165, 1.54) is 29.5 Å². The molecule has 0 saturated carbocycles. The van der Waals surface area contributed by atoms with E-state index < -0.39 is 11.2 Å². The topological polar surface area (TPSA) is 97.1 Å². The predicted molar refractivity (Wildman–Crippen MR) is 133 cm³/mol. The van der Waals surface area contributed by atoms with Crippen LogP contribution in [0.3, 0.4) is 0 Å². The van der Waals surface area contributed by atoms with Gasteiger partial charge in [-0.25, -0.2) is 4.79 Å². The number of rotatable bonds is 11. The second kappa shape index (κ2) is 11.7. The highest BCUT2D eigenvalue weighted by Crippen LogP contribution is 2.29. The van der Waals surface area contributed by atoms with Crippen LogP contribution < -0.4 is 5.32 Å². The Labute approximate surface area is 201 Å². The first-order valence-corrected chi connectivity index (χ1v) is 12.3. The van der Waals surface area contributed by atoms with Crippen LogP contribution in [0, 0.1) is 6.92 Å². The molecule has 33 heavy (non-hydrogen) atoms. The Morgan fingerprint density at radius 1 is 1.21 bits per heavy atom. The minimum Gasteiger partial charge on any atom is -0.478 e. The Kier molecular flexibility index (Phi) is 8.73. The van der Waals surface area contributed by atoms with Crippen LogP contribution >= 0.6 is 23.5 Å². The third kappa shape index (κ3) is 6.72. The van der Waals surface area contributed by atoms with Crippen LogP contribution in [0.1, 0.15) is 35.1 Å². The summed E-state index contributed by atoms with van der Waals surface area (Å²) in [7, 11) is 0. The molecule has 1 aromatic heterocycles. The van der Waals surface area contributed by atoms with Gasteiger partial charge in [-0.15, -0.1) is 28.5 Å². The van der Waals surface area contributed by atoms with Crippen molar-refractivity contribution >= 4 is 41.1 Å². The van der Waals surface area contributed by atoms with Gasteiger partial charge in [-0.2, -0.15) is 0 Å². The van der Waals surface area contributed by atoms with Crippen molar-refractivity contribution in [1.29, 1.82) is 0 Å². The molecule has 1 heterocycles. The standard InChI is InChI=1S/C24H26N4O3S2/c1-4-13-28-21(15-32-19-11-9-16(3)10-12-19)26-27-24(28)33-20(5-2)22(29)25-18-8-6-7-17(14-18)23(30)31/h4,6-12,14,20H,1,5,13,15H2,2-3H3,(H,25,29)(H,30,31). The number of carboxylic acid groups (broad SMARTS) is 1. The molecule has 2 aromatic carbocycles. The van der Waals surface area contributed by atoms with Crippen LogP contribution in [0.25, 0.3) is 0 Å². The van der Waals surface area contributed by atoms with E-state index in [0.29, 0.717) is 29.6 Å². The fourth-order valence-corrected chi connectivity index (χ4v) is 4.83. The van der Waals surface area contributed by atoms with Gasteiger partial charge in [0.2, 0.25) is 5.91 Å². The number of nitrogens with one attached hydrogen (secondary N) is 1. The van der Waals surface area contributed by atoms with Crippen LogP contribution in [0.2, 0.25) is 0 Å². The van der Waals surface area contributed by atoms with E-state index in [9.17, 15) is 9.59 Å². The maximum absolute atomic E-state index is 12.9. The number of hydrogen-bond acceptors (Lipinski definition) is 6. The van der Waals surface area contributed by atoms with Gasteiger partial charge in [0, 0.05) is 17.1 Å². The first-order chi connectivity index (χ1) is 15.9. The summed E-state index contributed by atoms with van der Waals surface area (Å²) in [6, 6.07) is 14.5. The molecule has 3 aromatic rings. The van der Waals surface area contributed by atoms with Gasteiger partial charge < -0.3 is 15.0 Å². The molecule has 172 valence electrons. The minimum atomic E-state index is -1.04. The monoisotopic (exact) mass is 482 g/mol. The third-order valence-electron chi connectivity index (χ3n) is 4.78. The van der Waals surface area contributed by atoms with Crippen molar-refractivity contribution < 1.29 is 14.7 Å². The molecule has 0 fully saturated rings. The van der Waals surface area contributed by atoms with Gasteiger partial charge in [0.1, 0.15) is 5.82 Å². The number of carbonyl (C=O) groups is 2. The van der Waals surface area contributed by atoms with E-state index in [-0.39, 0.29) is 11.5 Å². The van der Waals surface area contributed by atoms with Gasteiger partial charge in [-0.3, -0.25) is 4.79 Å². The summed E-state index contributed by atoms with van der Waals surface area (Å²) in [5, 5.41) is 20.9. The Morgan fingerprint density at radius 2 is 1.97 bits per heavy atom. The lowest BCUT2D eigenvalue weighted by molar-refractivity contribution is -0.115. The summed E-state index contributed by atoms with van der Waals surface area (Å²) in [5.74, 6) is 0.206. The van der Waals surface area contributed by atoms with E-state index in [2.05, 4.69) is 53.3 Å². The normalized spacial score (nSPS) is 11.7. The molecule has 0 saturated heterocycles. The van der Waals surface area contributed by atoms with E-state index in [0.717, 1.165) is 10.7 Å². The molecule has 3 rings (SSSR count). The molecular formula is C24H26N4O3S2. The van der Waals surface area contributed by atoms with E-state index in [1.54, 1.807) is 30.0 Å². The Hall–Kier alpha value is -3.04. The maximum Gasteiger partial charge on any atom is 0.335 e. The third-order valence-corrected chi connectivity index (χ3v) is 7.13. The number of hydrogen-bond donors (Lipinski definition) is 2. The molecule has 7 nitrogen and oxygen atoms in total. The fourth-order valence-electron chi connectivity index (χ4n) is 3.01. The van der Waals surface area contributed by atoms with E-state index in [4.69, 9.17) is 5.11 Å². The highest BCUT2D eigenvalue weighted by molar-refractivity contribution is 8.00. The molecule has 0 aliphatic carbocycles. The number of carboxylic acids is 1. The first kappa shape index (κ1) is 24.6. The number of aromatic carboxylic acids is 1. The van der Waals surface area contributed by atoms with Gasteiger partial charge in [-0.1, -0.05) is 48.5 Å². The Morgan fingerprint density at radius 3 is 2.64 bits per heavy atom. The number of thioether (sulfide) groups is 2. The zero-order valence-corrected chi connectivity index (χ0v) is 20.2. The first-order valence-electron chi connectivity index (χ1n) is 10.4. The molecule has 9 heteroatoms. The molecule has 0 spiro atoms. The molecule has 0 bridgehead atoms. The highest BCUT2D eigenvalue weighted by Gasteiger charge is 2.23. The average Bonchev–Trinajstić information content (AvgIpc) is 3.18. The van der Waals surface area contributed by atoms with Gasteiger partial charge in [-0.05, 0) is 43.7 Å². The lowest BCUT2D eigenvalue weighted by atomic mass is 10.2. The molecule has 0 aliphatic rings. The van der Waals surface area contributed by atoms with Crippen LogP contribution in [-0.4, -0.2) is 37.0 Å². The van der Waals surface area contributed by atoms with Gasteiger partial charge in [0.15, 0.2) is 5.16 Å². The number of amides is 1. The molecule has 0 radical (unpaired) electrons. The molecular weight excluding hydrogens is 456 g/mol. The van der Waals surface area contributed by atoms with E-state index in [1.807, 2.05) is 11.5 Å². The lowest BCUT2D eigenvalue weighted by Crippen LogP contribution is -2.25. The zero-order chi connectivity index (χ0) is 23.8. The predicted octanol–water partition coefficient (Wildman–Crippen LogP) is 5.27. The fraction of sp³-hybridized carbons (Fsp3) is 0.250. The van der Waals surface area contributed by atoms with Gasteiger partial charge in [0.25, 0.3) is 0 Å². The molecule has 1 amide bonds. The summed E-state index contributed by atoms with van der Waals surface area (Å²) in [6.07, 6.45) is 2.36. The number of allylic oxidation sites excluding steroid dienone is 1.